The van der Waals surface area contributed by atoms with Crippen molar-refractivity contribution in [3.05, 3.63) is 48.2 Å². The Morgan fingerprint density at radius 1 is 0.949 bits per heavy atom. The zero-order chi connectivity index (χ0) is 27.0. The monoisotopic (exact) mass is 534 g/mol. The molecule has 2 aromatic heterocycles. The maximum Gasteiger partial charge on any atom is 0.320 e. The van der Waals surface area contributed by atoms with E-state index in [0.717, 1.165) is 55.5 Å². The van der Waals surface area contributed by atoms with Gasteiger partial charge in [0.15, 0.2) is 5.82 Å². The first kappa shape index (κ1) is 27.6. The number of nitrogens with one attached hydrogen (secondary N) is 1. The highest BCUT2D eigenvalue weighted by molar-refractivity contribution is 5.60. The summed E-state index contributed by atoms with van der Waals surface area (Å²) in [7, 11) is 3.53. The second kappa shape index (κ2) is 13.4. The molecule has 2 atom stereocenters. The van der Waals surface area contributed by atoms with Crippen molar-refractivity contribution in [1.82, 2.24) is 25.1 Å². The van der Waals surface area contributed by atoms with Crippen molar-refractivity contribution in [3.8, 4) is 23.1 Å². The van der Waals surface area contributed by atoms with Crippen LogP contribution in [0, 0.1) is 12.8 Å². The van der Waals surface area contributed by atoms with Crippen molar-refractivity contribution < 1.29 is 14.2 Å². The van der Waals surface area contributed by atoms with Gasteiger partial charge in [-0.1, -0.05) is 36.6 Å². The van der Waals surface area contributed by atoms with Gasteiger partial charge in [-0.05, 0) is 57.2 Å². The predicted octanol–water partition coefficient (Wildman–Crippen LogP) is 4.43. The van der Waals surface area contributed by atoms with Gasteiger partial charge in [0, 0.05) is 51.7 Å². The summed E-state index contributed by atoms with van der Waals surface area (Å²) >= 11 is 0. The second-order valence-corrected chi connectivity index (χ2v) is 10.8. The molecule has 9 heteroatoms. The van der Waals surface area contributed by atoms with Crippen molar-refractivity contribution in [1.29, 1.82) is 0 Å². The highest BCUT2D eigenvalue weighted by Gasteiger charge is 2.25. The zero-order valence-electron chi connectivity index (χ0n) is 23.5. The number of hydrogen-bond donors (Lipinski definition) is 1. The van der Waals surface area contributed by atoms with Crippen molar-refractivity contribution in [2.24, 2.45) is 5.92 Å². The molecule has 6 rings (SSSR count). The van der Waals surface area contributed by atoms with E-state index in [9.17, 15) is 0 Å². The molecule has 1 aliphatic carbocycles. The molecule has 2 saturated heterocycles. The summed E-state index contributed by atoms with van der Waals surface area (Å²) in [4.78, 5) is 11.7. The molecule has 9 nitrogen and oxygen atoms in total. The molecule has 2 aliphatic heterocycles. The van der Waals surface area contributed by atoms with Crippen molar-refractivity contribution in [3.63, 3.8) is 0 Å². The van der Waals surface area contributed by atoms with Gasteiger partial charge in [-0.3, -0.25) is 0 Å². The van der Waals surface area contributed by atoms with Crippen LogP contribution in [-0.4, -0.2) is 79.0 Å². The summed E-state index contributed by atoms with van der Waals surface area (Å²) in [5.74, 6) is 2.19. The highest BCUT2D eigenvalue weighted by atomic mass is 16.5. The third kappa shape index (κ3) is 7.35. The minimum Gasteiger partial charge on any atom is -0.463 e. The number of rotatable bonds is 8. The molecule has 0 spiro atoms. The first-order chi connectivity index (χ1) is 19.1. The molecule has 0 bridgehead atoms. The Kier molecular flexibility index (Phi) is 9.44. The summed E-state index contributed by atoms with van der Waals surface area (Å²) < 4.78 is 18.5. The maximum absolute atomic E-state index is 6.09. The number of hydrogen-bond acceptors (Lipinski definition) is 8. The van der Waals surface area contributed by atoms with E-state index in [4.69, 9.17) is 29.3 Å². The average molecular weight is 535 g/mol. The normalized spacial score (nSPS) is 21.3. The number of anilines is 1. The SMILES string of the molecule is COC1CCN(c2cc(-n3ccc(-c4cccc(C)c4)n3)nc(OCC3CCCC3)n2)C1.COC1CCNC1. The van der Waals surface area contributed by atoms with Crippen LogP contribution in [-0.2, 0) is 9.47 Å². The number of aromatic nitrogens is 4. The molecule has 1 N–H and O–H groups in total. The molecule has 2 unspecified atom stereocenters. The third-order valence-electron chi connectivity index (χ3n) is 7.89. The largest absolute Gasteiger partial charge is 0.463 e. The van der Waals surface area contributed by atoms with Gasteiger partial charge in [-0.25, -0.2) is 4.68 Å². The molecule has 1 saturated carbocycles. The van der Waals surface area contributed by atoms with Crippen LogP contribution < -0.4 is 15.0 Å². The molecule has 4 heterocycles. The third-order valence-corrected chi connectivity index (χ3v) is 7.89. The van der Waals surface area contributed by atoms with Gasteiger partial charge in [-0.15, -0.1) is 0 Å². The molecular formula is C30H42N6O3. The molecule has 3 aliphatic rings. The van der Waals surface area contributed by atoms with Gasteiger partial charge in [0.25, 0.3) is 0 Å². The van der Waals surface area contributed by atoms with Gasteiger partial charge in [0.1, 0.15) is 5.82 Å². The molecule has 3 fully saturated rings. The van der Waals surface area contributed by atoms with Crippen LogP contribution in [0.15, 0.2) is 42.6 Å². The summed E-state index contributed by atoms with van der Waals surface area (Å²) in [6, 6.07) is 12.8. The fourth-order valence-corrected chi connectivity index (χ4v) is 5.48. The first-order valence-corrected chi connectivity index (χ1v) is 14.3. The zero-order valence-corrected chi connectivity index (χ0v) is 23.5. The lowest BCUT2D eigenvalue weighted by molar-refractivity contribution is 0.119. The Hall–Kier alpha value is -3.01. The summed E-state index contributed by atoms with van der Waals surface area (Å²) in [6.07, 6.45) is 9.88. The van der Waals surface area contributed by atoms with Crippen molar-refractivity contribution >= 4 is 5.82 Å². The smallest absolute Gasteiger partial charge is 0.320 e. The summed E-state index contributed by atoms with van der Waals surface area (Å²) in [6.45, 7) is 6.66. The topological polar surface area (TPSA) is 86.6 Å². The maximum atomic E-state index is 6.09. The van der Waals surface area contributed by atoms with Crippen molar-refractivity contribution in [2.75, 3.05) is 51.9 Å². The van der Waals surface area contributed by atoms with Gasteiger partial charge >= 0.3 is 6.01 Å². The number of benzene rings is 1. The Morgan fingerprint density at radius 3 is 2.46 bits per heavy atom. The van der Waals surface area contributed by atoms with E-state index in [1.54, 1.807) is 14.2 Å². The molecule has 0 amide bonds. The fourth-order valence-electron chi connectivity index (χ4n) is 5.48. The standard InChI is InChI=1S/C25H31N5O2.C5H11NO/c1-18-6-5-9-20(14-18)22-11-13-30(28-22)24-15-23(29-12-10-21(16-29)31-2)26-25(27-24)32-17-19-7-3-4-8-19;1-7-5-2-3-6-4-5/h5-6,9,11,13-15,19,21H,3-4,7-8,10,12,16-17H2,1-2H3;5-6H,2-4H2,1H3. The van der Waals surface area contributed by atoms with Gasteiger partial charge in [0.05, 0.1) is 24.5 Å². The Bertz CT molecular complexity index is 1190. The average Bonchev–Trinajstić information content (AvgIpc) is 3.79. The number of ether oxygens (including phenoxy) is 3. The van der Waals surface area contributed by atoms with Crippen LogP contribution in [0.2, 0.25) is 0 Å². The summed E-state index contributed by atoms with van der Waals surface area (Å²) in [5, 5.41) is 8.00. The lowest BCUT2D eigenvalue weighted by Crippen LogP contribution is -2.24. The first-order valence-electron chi connectivity index (χ1n) is 14.3. The minimum absolute atomic E-state index is 0.230. The lowest BCUT2D eigenvalue weighted by atomic mass is 10.1. The Morgan fingerprint density at radius 2 is 1.77 bits per heavy atom. The van der Waals surface area contributed by atoms with E-state index in [1.807, 2.05) is 23.0 Å². The number of aryl methyl sites for hydroxylation is 1. The highest BCUT2D eigenvalue weighted by Crippen LogP contribution is 2.28. The quantitative estimate of drug-likeness (QED) is 0.454. The van der Waals surface area contributed by atoms with Gasteiger partial charge in [-0.2, -0.15) is 15.1 Å². The number of methoxy groups -OCH3 is 2. The molecule has 39 heavy (non-hydrogen) atoms. The predicted molar refractivity (Wildman–Crippen MR) is 153 cm³/mol. The van der Waals surface area contributed by atoms with Crippen LogP contribution >= 0.6 is 0 Å². The second-order valence-electron chi connectivity index (χ2n) is 10.8. The van der Waals surface area contributed by atoms with Gasteiger partial charge < -0.3 is 24.4 Å². The Balaban J connectivity index is 0.000000384. The van der Waals surface area contributed by atoms with Crippen LogP contribution in [0.1, 0.15) is 44.1 Å². The molecule has 0 radical (unpaired) electrons. The molecule has 3 aromatic rings. The van der Waals surface area contributed by atoms with E-state index in [0.29, 0.717) is 24.6 Å². The summed E-state index contributed by atoms with van der Waals surface area (Å²) in [5.41, 5.74) is 3.23. The number of nitrogens with zero attached hydrogens (tertiary/aromatic N) is 5. The lowest BCUT2D eigenvalue weighted by Gasteiger charge is -2.19. The van der Waals surface area contributed by atoms with E-state index in [1.165, 1.54) is 37.7 Å². The molecular weight excluding hydrogens is 492 g/mol. The van der Waals surface area contributed by atoms with Crippen LogP contribution in [0.25, 0.3) is 17.1 Å². The van der Waals surface area contributed by atoms with Crippen molar-refractivity contribution in [2.45, 2.75) is 57.7 Å². The van der Waals surface area contributed by atoms with Gasteiger partial charge in [0.2, 0.25) is 0 Å². The van der Waals surface area contributed by atoms with E-state index >= 15 is 0 Å². The van der Waals surface area contributed by atoms with Crippen LogP contribution in [0.5, 0.6) is 6.01 Å². The van der Waals surface area contributed by atoms with Crippen LogP contribution in [0.3, 0.4) is 0 Å². The van der Waals surface area contributed by atoms with E-state index < -0.39 is 0 Å². The Labute approximate surface area is 231 Å². The van der Waals surface area contributed by atoms with E-state index in [2.05, 4.69) is 41.4 Å². The van der Waals surface area contributed by atoms with E-state index in [-0.39, 0.29) is 6.10 Å². The fraction of sp³-hybridized carbons (Fsp3) is 0.567. The van der Waals surface area contributed by atoms with Crippen LogP contribution in [0.4, 0.5) is 5.82 Å². The molecule has 1 aromatic carbocycles. The molecule has 210 valence electrons. The minimum atomic E-state index is 0.230.